The minimum atomic E-state index is -3.74. The van der Waals surface area contributed by atoms with E-state index in [4.69, 9.17) is 22.1 Å². The van der Waals surface area contributed by atoms with E-state index in [1.54, 1.807) is 37.1 Å². The van der Waals surface area contributed by atoms with E-state index in [9.17, 15) is 8.42 Å². The van der Waals surface area contributed by atoms with E-state index in [1.165, 1.54) is 4.31 Å². The van der Waals surface area contributed by atoms with E-state index in [0.717, 1.165) is 17.9 Å². The molecule has 0 bridgehead atoms. The molecule has 2 rings (SSSR count). The van der Waals surface area contributed by atoms with Crippen molar-refractivity contribution in [2.75, 3.05) is 37.5 Å². The lowest BCUT2D eigenvalue weighted by molar-refractivity contribution is 0.169. The summed E-state index contributed by atoms with van der Waals surface area (Å²) in [5, 5.41) is 0.156. The van der Waals surface area contributed by atoms with Crippen molar-refractivity contribution in [1.82, 2.24) is 4.31 Å². The van der Waals surface area contributed by atoms with Crippen LogP contribution in [0.25, 0.3) is 0 Å². The Hall–Kier alpha value is -0.470. The molecule has 5 nitrogen and oxygen atoms in total. The molecule has 1 fully saturated rings. The van der Waals surface area contributed by atoms with Crippen molar-refractivity contribution in [3.8, 4) is 0 Å². The molecule has 0 radical (unpaired) electrons. The summed E-state index contributed by atoms with van der Waals surface area (Å²) in [6.45, 7) is 0.638. The lowest BCUT2D eigenvalue weighted by Crippen LogP contribution is -2.42. The van der Waals surface area contributed by atoms with Gasteiger partial charge >= 0.3 is 0 Å². The molecule has 1 aromatic carbocycles. The van der Waals surface area contributed by atoms with Crippen LogP contribution in [0.4, 0.5) is 5.69 Å². The SMILES string of the molecule is COCCN(C1CCSC1)S(=O)(=O)c1c(N)cccc1Cl. The molecule has 1 saturated heterocycles. The molecule has 8 heteroatoms. The number of sulfonamides is 1. The van der Waals surface area contributed by atoms with Gasteiger partial charge in [0.15, 0.2) is 0 Å². The number of hydrogen-bond donors (Lipinski definition) is 1. The molecule has 1 heterocycles. The van der Waals surface area contributed by atoms with Crippen LogP contribution in [0.1, 0.15) is 6.42 Å². The first-order valence-corrected chi connectivity index (χ1v) is 9.58. The zero-order chi connectivity index (χ0) is 15.5. The van der Waals surface area contributed by atoms with Gasteiger partial charge < -0.3 is 10.5 Å². The zero-order valence-corrected chi connectivity index (χ0v) is 14.2. The van der Waals surface area contributed by atoms with Gasteiger partial charge in [0.2, 0.25) is 10.0 Å². The summed E-state index contributed by atoms with van der Waals surface area (Å²) in [6.07, 6.45) is 0.831. The Balaban J connectivity index is 2.41. The molecule has 1 aliphatic heterocycles. The van der Waals surface area contributed by atoms with Crippen LogP contribution < -0.4 is 5.73 Å². The number of thioether (sulfide) groups is 1. The number of nitrogens with zero attached hydrogens (tertiary/aromatic N) is 1. The molecule has 0 amide bonds. The van der Waals surface area contributed by atoms with Crippen molar-refractivity contribution >= 4 is 39.1 Å². The van der Waals surface area contributed by atoms with Crippen molar-refractivity contribution in [1.29, 1.82) is 0 Å². The van der Waals surface area contributed by atoms with E-state index in [2.05, 4.69) is 0 Å². The topological polar surface area (TPSA) is 72.6 Å². The van der Waals surface area contributed by atoms with E-state index in [1.807, 2.05) is 0 Å². The highest BCUT2D eigenvalue weighted by Gasteiger charge is 2.35. The maximum atomic E-state index is 13.0. The largest absolute Gasteiger partial charge is 0.398 e. The number of ether oxygens (including phenoxy) is 1. The van der Waals surface area contributed by atoms with E-state index in [-0.39, 0.29) is 21.6 Å². The van der Waals surface area contributed by atoms with Crippen molar-refractivity contribution in [3.05, 3.63) is 23.2 Å². The van der Waals surface area contributed by atoms with Crippen LogP contribution in [-0.2, 0) is 14.8 Å². The Morgan fingerprint density at radius 2 is 2.29 bits per heavy atom. The second-order valence-corrected chi connectivity index (χ2v) is 8.17. The predicted octanol–water partition coefficient (Wildman–Crippen LogP) is 2.06. The van der Waals surface area contributed by atoms with Gasteiger partial charge in [0, 0.05) is 25.4 Å². The summed E-state index contributed by atoms with van der Waals surface area (Å²) in [4.78, 5) is -0.000306. The van der Waals surface area contributed by atoms with Crippen molar-refractivity contribution in [2.24, 2.45) is 0 Å². The number of nitrogen functional groups attached to an aromatic ring is 1. The smallest absolute Gasteiger partial charge is 0.246 e. The molecular weight excluding hydrogens is 332 g/mol. The minimum absolute atomic E-state index is 0.000306. The fourth-order valence-corrected chi connectivity index (χ4v) is 5.94. The molecule has 1 aromatic rings. The molecule has 0 aromatic heterocycles. The third kappa shape index (κ3) is 3.65. The van der Waals surface area contributed by atoms with Gasteiger partial charge in [-0.25, -0.2) is 8.42 Å². The lowest BCUT2D eigenvalue weighted by atomic mass is 10.3. The fourth-order valence-electron chi connectivity index (χ4n) is 2.34. The van der Waals surface area contributed by atoms with Crippen molar-refractivity contribution < 1.29 is 13.2 Å². The van der Waals surface area contributed by atoms with Crippen LogP contribution in [0.15, 0.2) is 23.1 Å². The van der Waals surface area contributed by atoms with Gasteiger partial charge in [-0.15, -0.1) is 0 Å². The average Bonchev–Trinajstić information content (AvgIpc) is 2.92. The second kappa shape index (κ2) is 7.19. The summed E-state index contributed by atoms with van der Waals surface area (Å²) >= 11 is 7.83. The summed E-state index contributed by atoms with van der Waals surface area (Å²) in [6, 6.07) is 4.70. The van der Waals surface area contributed by atoms with Crippen LogP contribution in [0.2, 0.25) is 5.02 Å². The standard InChI is InChI=1S/C13H19ClN2O3S2/c1-19-7-6-16(10-5-8-20-9-10)21(17,18)13-11(14)3-2-4-12(13)15/h2-4,10H,5-9,15H2,1H3. The number of hydrogen-bond acceptors (Lipinski definition) is 5. The predicted molar refractivity (Wildman–Crippen MR) is 87.4 cm³/mol. The molecule has 0 aliphatic carbocycles. The first-order valence-electron chi connectivity index (χ1n) is 6.61. The van der Waals surface area contributed by atoms with Gasteiger partial charge in [-0.2, -0.15) is 16.1 Å². The summed E-state index contributed by atoms with van der Waals surface area (Å²) in [7, 11) is -2.18. The maximum Gasteiger partial charge on any atom is 0.246 e. The molecule has 0 spiro atoms. The second-order valence-electron chi connectivity index (χ2n) is 4.78. The minimum Gasteiger partial charge on any atom is -0.398 e. The Labute approximate surface area is 134 Å². The van der Waals surface area contributed by atoms with Gasteiger partial charge in [0.1, 0.15) is 4.90 Å². The summed E-state index contributed by atoms with van der Waals surface area (Å²) in [5.74, 6) is 1.75. The van der Waals surface area contributed by atoms with E-state index >= 15 is 0 Å². The third-order valence-corrected chi connectivity index (χ3v) is 7.03. The number of nitrogens with two attached hydrogens (primary N) is 1. The molecule has 2 N–H and O–H groups in total. The highest BCUT2D eigenvalue weighted by Crippen LogP contribution is 2.33. The van der Waals surface area contributed by atoms with Crippen LogP contribution >= 0.6 is 23.4 Å². The number of halogens is 1. The number of anilines is 1. The van der Waals surface area contributed by atoms with Gasteiger partial charge in [0.05, 0.1) is 17.3 Å². The molecule has 1 unspecified atom stereocenters. The molecule has 118 valence electrons. The lowest BCUT2D eigenvalue weighted by Gasteiger charge is -2.28. The quantitative estimate of drug-likeness (QED) is 0.795. The monoisotopic (exact) mass is 350 g/mol. The fraction of sp³-hybridized carbons (Fsp3) is 0.538. The highest BCUT2D eigenvalue weighted by molar-refractivity contribution is 7.99. The first kappa shape index (κ1) is 16.9. The Bertz CT molecular complexity index is 569. The average molecular weight is 351 g/mol. The molecular formula is C13H19ClN2O3S2. The number of methoxy groups -OCH3 is 1. The third-order valence-electron chi connectivity index (χ3n) is 3.39. The molecule has 0 saturated carbocycles. The van der Waals surface area contributed by atoms with Crippen molar-refractivity contribution in [2.45, 2.75) is 17.4 Å². The molecule has 1 aliphatic rings. The molecule has 1 atom stereocenters. The Morgan fingerprint density at radius 1 is 1.52 bits per heavy atom. The van der Waals surface area contributed by atoms with Gasteiger partial charge in [0.25, 0.3) is 0 Å². The molecule has 21 heavy (non-hydrogen) atoms. The first-order chi connectivity index (χ1) is 9.98. The maximum absolute atomic E-state index is 13.0. The van der Waals surface area contributed by atoms with Gasteiger partial charge in [-0.05, 0) is 24.3 Å². The zero-order valence-electron chi connectivity index (χ0n) is 11.8. The summed E-state index contributed by atoms with van der Waals surface area (Å²) < 4.78 is 32.5. The van der Waals surface area contributed by atoms with Crippen LogP contribution in [0.3, 0.4) is 0 Å². The van der Waals surface area contributed by atoms with Crippen LogP contribution in [0, 0.1) is 0 Å². The van der Waals surface area contributed by atoms with Crippen molar-refractivity contribution in [3.63, 3.8) is 0 Å². The number of rotatable bonds is 6. The Kier molecular flexibility index (Phi) is 5.79. The normalized spacial score (nSPS) is 19.3. The summed E-state index contributed by atoms with van der Waals surface area (Å²) in [5.41, 5.74) is 6.02. The van der Waals surface area contributed by atoms with Gasteiger partial charge in [-0.3, -0.25) is 0 Å². The van der Waals surface area contributed by atoms with E-state index in [0.29, 0.717) is 13.2 Å². The van der Waals surface area contributed by atoms with E-state index < -0.39 is 10.0 Å². The van der Waals surface area contributed by atoms with Crippen LogP contribution in [0.5, 0.6) is 0 Å². The number of benzene rings is 1. The highest BCUT2D eigenvalue weighted by atomic mass is 35.5. The van der Waals surface area contributed by atoms with Crippen LogP contribution in [-0.4, -0.2) is 50.5 Å². The Morgan fingerprint density at radius 3 is 2.86 bits per heavy atom. The van der Waals surface area contributed by atoms with Gasteiger partial charge in [-0.1, -0.05) is 17.7 Å².